The molecule has 0 aromatic heterocycles. The summed E-state index contributed by atoms with van der Waals surface area (Å²) in [7, 11) is 2.36. The SMILES string of the molecule is CCCC[N+]1(C)[C@@H]2CC(OC(=O)[C@H](CO)c3ccccc3)C[C@H]1[C@@H]1O[C@@H]12.[Br-]. The molecule has 0 amide bonds. The quantitative estimate of drug-likeness (QED) is 0.344. The first-order valence-electron chi connectivity index (χ1n) is 9.95. The number of nitrogens with zero attached hydrogens (tertiary/aromatic N) is 1. The van der Waals surface area contributed by atoms with Crippen LogP contribution in [0.1, 0.15) is 44.1 Å². The number of hydrogen-bond acceptors (Lipinski definition) is 4. The fourth-order valence-electron chi connectivity index (χ4n) is 5.23. The fraction of sp³-hybridized carbons (Fsp3) is 0.667. The molecule has 0 aliphatic carbocycles. The molecule has 5 nitrogen and oxygen atoms in total. The maximum Gasteiger partial charge on any atom is 0.316 e. The fourth-order valence-corrected chi connectivity index (χ4v) is 5.23. The van der Waals surface area contributed by atoms with Crippen molar-refractivity contribution in [2.75, 3.05) is 20.2 Å². The number of likely N-dealkylation sites (N-methyl/N-ethyl adjacent to an activating group) is 1. The number of epoxide rings is 1. The van der Waals surface area contributed by atoms with Gasteiger partial charge in [-0.3, -0.25) is 4.79 Å². The molecule has 2 unspecified atom stereocenters. The maximum atomic E-state index is 12.7. The van der Waals surface area contributed by atoms with E-state index in [1.165, 1.54) is 19.4 Å². The van der Waals surface area contributed by atoms with Crippen molar-refractivity contribution >= 4 is 5.97 Å². The van der Waals surface area contributed by atoms with Crippen molar-refractivity contribution in [2.24, 2.45) is 0 Å². The van der Waals surface area contributed by atoms with E-state index < -0.39 is 5.92 Å². The normalized spacial score (nSPS) is 37.1. The van der Waals surface area contributed by atoms with Gasteiger partial charge in [0.25, 0.3) is 0 Å². The lowest BCUT2D eigenvalue weighted by Gasteiger charge is -2.48. The van der Waals surface area contributed by atoms with Gasteiger partial charge in [0, 0.05) is 12.8 Å². The summed E-state index contributed by atoms with van der Waals surface area (Å²) in [5.41, 5.74) is 0.813. The van der Waals surface area contributed by atoms with E-state index >= 15 is 0 Å². The van der Waals surface area contributed by atoms with E-state index in [9.17, 15) is 9.90 Å². The van der Waals surface area contributed by atoms with Crippen LogP contribution in [0.15, 0.2) is 30.3 Å². The third kappa shape index (κ3) is 3.69. The number of unbranched alkanes of at least 4 members (excludes halogenated alkanes) is 1. The van der Waals surface area contributed by atoms with Crippen LogP contribution in [-0.2, 0) is 14.3 Å². The summed E-state index contributed by atoms with van der Waals surface area (Å²) in [5.74, 6) is -0.898. The van der Waals surface area contributed by atoms with Gasteiger partial charge in [0.05, 0.1) is 20.2 Å². The second-order valence-electron chi connectivity index (χ2n) is 8.30. The lowest BCUT2D eigenvalue weighted by molar-refractivity contribution is -0.956. The van der Waals surface area contributed by atoms with E-state index in [0.717, 1.165) is 22.9 Å². The summed E-state index contributed by atoms with van der Waals surface area (Å²) >= 11 is 0. The minimum Gasteiger partial charge on any atom is -1.00 e. The highest BCUT2D eigenvalue weighted by molar-refractivity contribution is 5.78. The molecule has 7 atom stereocenters. The number of aliphatic hydroxyl groups is 1. The number of esters is 1. The number of morpholine rings is 1. The van der Waals surface area contributed by atoms with Crippen LogP contribution in [0.25, 0.3) is 0 Å². The van der Waals surface area contributed by atoms with Crippen LogP contribution in [0.2, 0.25) is 0 Å². The van der Waals surface area contributed by atoms with Crippen molar-refractivity contribution in [3.05, 3.63) is 35.9 Å². The smallest absolute Gasteiger partial charge is 0.316 e. The molecular weight excluding hydrogens is 410 g/mol. The van der Waals surface area contributed by atoms with Crippen LogP contribution in [-0.4, -0.2) is 66.2 Å². The van der Waals surface area contributed by atoms with Gasteiger partial charge in [0.1, 0.15) is 36.3 Å². The van der Waals surface area contributed by atoms with Crippen LogP contribution in [0.5, 0.6) is 0 Å². The minimum absolute atomic E-state index is 0. The number of benzene rings is 1. The van der Waals surface area contributed by atoms with Crippen molar-refractivity contribution in [3.63, 3.8) is 0 Å². The van der Waals surface area contributed by atoms with Gasteiger partial charge in [-0.25, -0.2) is 0 Å². The van der Waals surface area contributed by atoms with E-state index in [1.54, 1.807) is 0 Å². The Labute approximate surface area is 172 Å². The zero-order valence-corrected chi connectivity index (χ0v) is 17.7. The monoisotopic (exact) mass is 439 g/mol. The molecule has 3 fully saturated rings. The summed E-state index contributed by atoms with van der Waals surface area (Å²) in [6, 6.07) is 10.3. The van der Waals surface area contributed by atoms with Crippen LogP contribution in [0.3, 0.4) is 0 Å². The first kappa shape index (κ1) is 20.8. The number of ether oxygens (including phenoxy) is 2. The molecular formula is C21H30BrNO4. The van der Waals surface area contributed by atoms with Crippen LogP contribution < -0.4 is 17.0 Å². The number of hydrogen-bond donors (Lipinski definition) is 1. The molecule has 3 aliphatic rings. The lowest BCUT2D eigenvalue weighted by atomic mass is 9.94. The Morgan fingerprint density at radius 2 is 1.89 bits per heavy atom. The standard InChI is InChI=1S/C21H30NO4.BrH/c1-3-4-10-22(2)17-11-15(12-18(22)20-19(17)26-20)25-21(24)16(13-23)14-8-6-5-7-9-14;/h5-9,15-20,23H,3-4,10-13H2,1-2H3;1H/q+1;/p-1/t15?,16-,17-,18+,19-,20+,22?;/m1./s1. The summed E-state index contributed by atoms with van der Waals surface area (Å²) in [6.07, 6.45) is 4.83. The van der Waals surface area contributed by atoms with Gasteiger partial charge < -0.3 is 36.0 Å². The van der Waals surface area contributed by atoms with Crippen molar-refractivity contribution < 1.29 is 40.8 Å². The Hall–Kier alpha value is -0.950. The molecule has 27 heavy (non-hydrogen) atoms. The molecule has 3 saturated heterocycles. The van der Waals surface area contributed by atoms with Crippen molar-refractivity contribution in [1.82, 2.24) is 0 Å². The number of halogens is 1. The minimum atomic E-state index is -0.595. The molecule has 1 aromatic carbocycles. The first-order chi connectivity index (χ1) is 12.6. The van der Waals surface area contributed by atoms with Crippen molar-refractivity contribution in [3.8, 4) is 0 Å². The van der Waals surface area contributed by atoms with Gasteiger partial charge in [-0.15, -0.1) is 0 Å². The molecule has 1 aromatic rings. The number of piperidine rings is 1. The average Bonchev–Trinajstić information content (AvgIpc) is 3.40. The molecule has 1 N–H and O–H groups in total. The van der Waals surface area contributed by atoms with Gasteiger partial charge in [0.15, 0.2) is 0 Å². The Bertz CT molecular complexity index is 637. The van der Waals surface area contributed by atoms with Gasteiger partial charge in [0.2, 0.25) is 0 Å². The topological polar surface area (TPSA) is 59.1 Å². The van der Waals surface area contributed by atoms with E-state index in [0.29, 0.717) is 24.3 Å². The third-order valence-electron chi connectivity index (χ3n) is 6.79. The number of fused-ring (bicyclic) bond motifs is 5. The molecule has 0 spiro atoms. The summed E-state index contributed by atoms with van der Waals surface area (Å²) in [6.45, 7) is 3.20. The number of rotatable bonds is 7. The Kier molecular flexibility index (Phi) is 6.31. The Morgan fingerprint density at radius 1 is 1.26 bits per heavy atom. The molecule has 6 heteroatoms. The van der Waals surface area contributed by atoms with Crippen molar-refractivity contribution in [1.29, 1.82) is 0 Å². The van der Waals surface area contributed by atoms with Gasteiger partial charge in [-0.1, -0.05) is 43.7 Å². The molecule has 4 rings (SSSR count). The predicted molar refractivity (Wildman–Crippen MR) is 97.6 cm³/mol. The highest BCUT2D eigenvalue weighted by Gasteiger charge is 2.71. The molecule has 0 radical (unpaired) electrons. The summed E-state index contributed by atoms with van der Waals surface area (Å²) in [4.78, 5) is 12.7. The van der Waals surface area contributed by atoms with Gasteiger partial charge in [-0.2, -0.15) is 0 Å². The number of aliphatic hydroxyl groups excluding tert-OH is 1. The van der Waals surface area contributed by atoms with E-state index in [1.807, 2.05) is 30.3 Å². The Morgan fingerprint density at radius 3 is 2.44 bits per heavy atom. The molecule has 3 heterocycles. The second kappa shape index (κ2) is 8.19. The number of carbonyl (C=O) groups is 1. The van der Waals surface area contributed by atoms with Gasteiger partial charge >= 0.3 is 5.97 Å². The zero-order valence-electron chi connectivity index (χ0n) is 16.1. The molecule has 0 saturated carbocycles. The largest absolute Gasteiger partial charge is 1.00 e. The van der Waals surface area contributed by atoms with E-state index in [4.69, 9.17) is 9.47 Å². The predicted octanol–water partition coefficient (Wildman–Crippen LogP) is -0.763. The lowest BCUT2D eigenvalue weighted by Crippen LogP contribution is -3.00. The number of carbonyl (C=O) groups excluding carboxylic acids is 1. The highest BCUT2D eigenvalue weighted by atomic mass is 79.9. The summed E-state index contributed by atoms with van der Waals surface area (Å²) in [5, 5.41) is 9.70. The molecule has 3 aliphatic heterocycles. The highest BCUT2D eigenvalue weighted by Crippen LogP contribution is 2.52. The number of quaternary nitrogens is 1. The Balaban J connectivity index is 0.00000210. The first-order valence-corrected chi connectivity index (χ1v) is 9.95. The summed E-state index contributed by atoms with van der Waals surface area (Å²) < 4.78 is 12.9. The maximum absolute atomic E-state index is 12.7. The zero-order chi connectivity index (χ0) is 18.3. The van der Waals surface area contributed by atoms with Crippen LogP contribution in [0.4, 0.5) is 0 Å². The van der Waals surface area contributed by atoms with Gasteiger partial charge in [-0.05, 0) is 12.0 Å². The van der Waals surface area contributed by atoms with Crippen LogP contribution >= 0.6 is 0 Å². The third-order valence-corrected chi connectivity index (χ3v) is 6.79. The van der Waals surface area contributed by atoms with E-state index in [2.05, 4.69) is 14.0 Å². The second-order valence-corrected chi connectivity index (χ2v) is 8.30. The van der Waals surface area contributed by atoms with Crippen molar-refractivity contribution in [2.45, 2.75) is 68.9 Å². The van der Waals surface area contributed by atoms with E-state index in [-0.39, 0.29) is 35.7 Å². The molecule has 2 bridgehead atoms. The van der Waals surface area contributed by atoms with Crippen LogP contribution in [0, 0.1) is 0 Å². The average molecular weight is 440 g/mol. The molecule has 150 valence electrons.